The maximum atomic E-state index is 12.6. The van der Waals surface area contributed by atoms with Crippen LogP contribution in [-0.2, 0) is 0 Å². The van der Waals surface area contributed by atoms with Gasteiger partial charge in [-0.2, -0.15) is 8.78 Å². The Morgan fingerprint density at radius 3 is 2.76 bits per heavy atom. The molecule has 6 nitrogen and oxygen atoms in total. The van der Waals surface area contributed by atoms with Crippen molar-refractivity contribution in [1.29, 1.82) is 0 Å². The summed E-state index contributed by atoms with van der Waals surface area (Å²) in [7, 11) is 0. The van der Waals surface area contributed by atoms with Crippen molar-refractivity contribution in [2.45, 2.75) is 20.5 Å². The van der Waals surface area contributed by atoms with Crippen molar-refractivity contribution in [2.75, 3.05) is 5.32 Å². The van der Waals surface area contributed by atoms with Gasteiger partial charge in [-0.3, -0.25) is 4.79 Å². The molecule has 0 unspecified atom stereocenters. The summed E-state index contributed by atoms with van der Waals surface area (Å²) >= 11 is 5.89. The van der Waals surface area contributed by atoms with E-state index in [4.69, 9.17) is 16.1 Å². The van der Waals surface area contributed by atoms with Gasteiger partial charge in [-0.05, 0) is 38.1 Å². The number of aromatic nitrogens is 2. The Morgan fingerprint density at radius 1 is 1.32 bits per heavy atom. The number of benzene rings is 1. The number of nitrogens with zero attached hydrogens (tertiary/aromatic N) is 2. The summed E-state index contributed by atoms with van der Waals surface area (Å²) in [6.07, 6.45) is 0. The number of carbonyl (C=O) groups is 1. The number of anilines is 1. The van der Waals surface area contributed by atoms with Gasteiger partial charge in [0.05, 0.1) is 21.7 Å². The molecule has 0 bridgehead atoms. The molecule has 0 saturated heterocycles. The molecule has 0 saturated carbocycles. The van der Waals surface area contributed by atoms with E-state index in [-0.39, 0.29) is 16.5 Å². The van der Waals surface area contributed by atoms with Crippen molar-refractivity contribution >= 4 is 34.3 Å². The van der Waals surface area contributed by atoms with Crippen molar-refractivity contribution in [3.8, 4) is 5.75 Å². The molecule has 9 heteroatoms. The standard InChI is InChI=1S/C16H12ClF2N3O3/c1-7-5-10(13-8(2)22-25-15(13)20-7)14(23)21-9-3-4-12(11(17)6-9)24-16(18)19/h3-6,16H,1-2H3,(H,21,23). The minimum atomic E-state index is -2.98. The molecule has 1 aromatic carbocycles. The molecule has 130 valence electrons. The number of ether oxygens (including phenoxy) is 1. The first-order valence-corrected chi connectivity index (χ1v) is 7.52. The molecule has 0 aliphatic carbocycles. The largest absolute Gasteiger partial charge is 0.433 e. The highest BCUT2D eigenvalue weighted by atomic mass is 35.5. The van der Waals surface area contributed by atoms with Gasteiger partial charge in [-0.1, -0.05) is 16.8 Å². The lowest BCUT2D eigenvalue weighted by atomic mass is 10.1. The smallest absolute Gasteiger partial charge is 0.387 e. The third-order valence-electron chi connectivity index (χ3n) is 3.40. The molecule has 25 heavy (non-hydrogen) atoms. The number of fused-ring (bicyclic) bond motifs is 1. The normalized spacial score (nSPS) is 11.1. The van der Waals surface area contributed by atoms with Crippen LogP contribution in [0.3, 0.4) is 0 Å². The summed E-state index contributed by atoms with van der Waals surface area (Å²) < 4.78 is 33.9. The van der Waals surface area contributed by atoms with E-state index in [0.717, 1.165) is 0 Å². The van der Waals surface area contributed by atoms with E-state index in [1.807, 2.05) is 0 Å². The van der Waals surface area contributed by atoms with E-state index in [0.29, 0.717) is 28.0 Å². The number of aryl methyl sites for hydroxylation is 2. The molecule has 1 N–H and O–H groups in total. The highest BCUT2D eigenvalue weighted by Gasteiger charge is 2.18. The summed E-state index contributed by atoms with van der Waals surface area (Å²) in [5, 5.41) is 6.93. The number of hydrogen-bond donors (Lipinski definition) is 1. The summed E-state index contributed by atoms with van der Waals surface area (Å²) in [5.41, 5.74) is 2.05. The molecular formula is C16H12ClF2N3O3. The number of alkyl halides is 2. The summed E-state index contributed by atoms with van der Waals surface area (Å²) in [4.78, 5) is 16.8. The van der Waals surface area contributed by atoms with Crippen LogP contribution in [0, 0.1) is 13.8 Å². The Balaban J connectivity index is 1.90. The number of nitrogens with one attached hydrogen (secondary N) is 1. The lowest BCUT2D eigenvalue weighted by Crippen LogP contribution is -2.13. The van der Waals surface area contributed by atoms with Crippen LogP contribution in [-0.4, -0.2) is 22.7 Å². The molecule has 3 rings (SSSR count). The van der Waals surface area contributed by atoms with Crippen LogP contribution in [0.25, 0.3) is 11.1 Å². The maximum absolute atomic E-state index is 12.6. The Bertz CT molecular complexity index is 959. The van der Waals surface area contributed by atoms with Gasteiger partial charge < -0.3 is 14.6 Å². The van der Waals surface area contributed by atoms with E-state index in [9.17, 15) is 13.6 Å². The Morgan fingerprint density at radius 2 is 2.08 bits per heavy atom. The second kappa shape index (κ2) is 6.64. The van der Waals surface area contributed by atoms with Crippen LogP contribution in [0.15, 0.2) is 28.8 Å². The highest BCUT2D eigenvalue weighted by molar-refractivity contribution is 6.32. The van der Waals surface area contributed by atoms with E-state index >= 15 is 0 Å². The van der Waals surface area contributed by atoms with E-state index < -0.39 is 12.5 Å². The first-order valence-electron chi connectivity index (χ1n) is 7.14. The fourth-order valence-electron chi connectivity index (χ4n) is 2.37. The molecule has 0 atom stereocenters. The van der Waals surface area contributed by atoms with Crippen LogP contribution in [0.2, 0.25) is 5.02 Å². The van der Waals surface area contributed by atoms with E-state index in [2.05, 4.69) is 20.2 Å². The number of pyridine rings is 1. The second-order valence-corrected chi connectivity index (χ2v) is 5.64. The first kappa shape index (κ1) is 17.1. The molecule has 1 amide bonds. The third kappa shape index (κ3) is 3.53. The van der Waals surface area contributed by atoms with Gasteiger partial charge in [0.1, 0.15) is 5.75 Å². The Kier molecular flexibility index (Phi) is 4.54. The predicted octanol–water partition coefficient (Wildman–Crippen LogP) is 4.35. The van der Waals surface area contributed by atoms with Gasteiger partial charge in [0.25, 0.3) is 11.6 Å². The van der Waals surface area contributed by atoms with Crippen LogP contribution in [0.4, 0.5) is 14.5 Å². The second-order valence-electron chi connectivity index (χ2n) is 5.24. The highest BCUT2D eigenvalue weighted by Crippen LogP contribution is 2.29. The molecule has 0 aliphatic rings. The van der Waals surface area contributed by atoms with Gasteiger partial charge in [0.2, 0.25) is 0 Å². The van der Waals surface area contributed by atoms with Gasteiger partial charge in [-0.15, -0.1) is 0 Å². The van der Waals surface area contributed by atoms with Gasteiger partial charge >= 0.3 is 6.61 Å². The topological polar surface area (TPSA) is 77.2 Å². The molecule has 0 aliphatic heterocycles. The lowest BCUT2D eigenvalue weighted by Gasteiger charge is -2.10. The molecule has 0 spiro atoms. The zero-order valence-electron chi connectivity index (χ0n) is 13.1. The maximum Gasteiger partial charge on any atom is 0.387 e. The molecule has 0 radical (unpaired) electrons. The molecule has 2 aromatic heterocycles. The van der Waals surface area contributed by atoms with Crippen LogP contribution < -0.4 is 10.1 Å². The molecule has 3 aromatic rings. The van der Waals surface area contributed by atoms with Crippen molar-refractivity contribution in [3.63, 3.8) is 0 Å². The van der Waals surface area contributed by atoms with Crippen molar-refractivity contribution in [1.82, 2.24) is 10.1 Å². The monoisotopic (exact) mass is 367 g/mol. The average molecular weight is 368 g/mol. The minimum Gasteiger partial charge on any atom is -0.433 e. The number of amides is 1. The average Bonchev–Trinajstić information content (AvgIpc) is 2.90. The molecular weight excluding hydrogens is 356 g/mol. The Labute approximate surface area is 145 Å². The van der Waals surface area contributed by atoms with Gasteiger partial charge in [0.15, 0.2) is 0 Å². The number of hydrogen-bond acceptors (Lipinski definition) is 5. The van der Waals surface area contributed by atoms with Gasteiger partial charge in [-0.25, -0.2) is 4.98 Å². The zero-order valence-corrected chi connectivity index (χ0v) is 13.9. The lowest BCUT2D eigenvalue weighted by molar-refractivity contribution is -0.0497. The van der Waals surface area contributed by atoms with Crippen LogP contribution >= 0.6 is 11.6 Å². The minimum absolute atomic E-state index is 0.0460. The number of carbonyl (C=O) groups excluding carboxylic acids is 1. The Hall–Kier alpha value is -2.74. The van der Waals surface area contributed by atoms with Crippen molar-refractivity contribution < 1.29 is 22.8 Å². The zero-order chi connectivity index (χ0) is 18.1. The summed E-state index contributed by atoms with van der Waals surface area (Å²) in [6.45, 7) is 0.441. The predicted molar refractivity (Wildman–Crippen MR) is 87.3 cm³/mol. The summed E-state index contributed by atoms with van der Waals surface area (Å²) in [6, 6.07) is 5.59. The van der Waals surface area contributed by atoms with E-state index in [1.54, 1.807) is 19.9 Å². The SMILES string of the molecule is Cc1cc(C(=O)Nc2ccc(OC(F)F)c(Cl)c2)c2c(C)noc2n1. The molecule has 0 fully saturated rings. The fourth-order valence-corrected chi connectivity index (χ4v) is 2.59. The first-order chi connectivity index (χ1) is 11.8. The summed E-state index contributed by atoms with van der Waals surface area (Å²) in [5.74, 6) is -0.605. The van der Waals surface area contributed by atoms with Crippen molar-refractivity contribution in [2.24, 2.45) is 0 Å². The number of rotatable bonds is 4. The van der Waals surface area contributed by atoms with Crippen LogP contribution in [0.1, 0.15) is 21.7 Å². The van der Waals surface area contributed by atoms with Crippen LogP contribution in [0.5, 0.6) is 5.75 Å². The fraction of sp³-hybridized carbons (Fsp3) is 0.188. The quantitative estimate of drug-likeness (QED) is 0.742. The van der Waals surface area contributed by atoms with Crippen molar-refractivity contribution in [3.05, 3.63) is 46.2 Å². The van der Waals surface area contributed by atoms with Gasteiger partial charge in [0, 0.05) is 11.4 Å². The molecule has 2 heterocycles. The third-order valence-corrected chi connectivity index (χ3v) is 3.69. The van der Waals surface area contributed by atoms with E-state index in [1.165, 1.54) is 18.2 Å². The number of halogens is 3.